The third-order valence-electron chi connectivity index (χ3n) is 4.37. The Labute approximate surface area is 134 Å². The first kappa shape index (κ1) is 14.0. The molecule has 0 radical (unpaired) electrons. The molecule has 0 aromatic carbocycles. The van der Waals surface area contributed by atoms with E-state index in [1.165, 1.54) is 0 Å². The highest BCUT2D eigenvalue weighted by molar-refractivity contribution is 5.80. The molecular weight excluding hydrogens is 290 g/mol. The zero-order valence-electron chi connectivity index (χ0n) is 13.1. The van der Waals surface area contributed by atoms with Gasteiger partial charge in [0.2, 0.25) is 5.95 Å². The van der Waals surface area contributed by atoms with E-state index in [0.717, 1.165) is 48.6 Å². The van der Waals surface area contributed by atoms with Crippen molar-refractivity contribution in [2.24, 2.45) is 0 Å². The van der Waals surface area contributed by atoms with Gasteiger partial charge in [-0.3, -0.25) is 4.40 Å². The number of nitrogens with two attached hydrogens (primary N) is 1. The van der Waals surface area contributed by atoms with Crippen molar-refractivity contribution >= 4 is 17.3 Å². The first-order chi connectivity index (χ1) is 11.2. The standard InChI is InChI=1S/C16H19N7/c1-21-4-6-22(7-5-21)15-3-2-12(8-19-15)13-9-20-16(17)23-11-18-10-14(13)23/h2-3,8-11H,4-7H2,1H3,(H2,17,20). The Hall–Kier alpha value is -2.67. The van der Waals surface area contributed by atoms with Crippen LogP contribution in [0.5, 0.6) is 0 Å². The average molecular weight is 309 g/mol. The van der Waals surface area contributed by atoms with E-state index in [2.05, 4.69) is 43.9 Å². The largest absolute Gasteiger partial charge is 0.369 e. The molecule has 2 N–H and O–H groups in total. The smallest absolute Gasteiger partial charge is 0.206 e. The van der Waals surface area contributed by atoms with E-state index in [4.69, 9.17) is 5.73 Å². The number of rotatable bonds is 2. The van der Waals surface area contributed by atoms with Crippen LogP contribution in [0.25, 0.3) is 16.6 Å². The number of piperazine rings is 1. The van der Waals surface area contributed by atoms with Crippen molar-refractivity contribution in [3.8, 4) is 11.1 Å². The molecular formula is C16H19N7. The Kier molecular flexibility index (Phi) is 3.34. The van der Waals surface area contributed by atoms with Crippen LogP contribution < -0.4 is 10.6 Å². The molecule has 1 aliphatic rings. The fourth-order valence-electron chi connectivity index (χ4n) is 2.93. The molecule has 1 aliphatic heterocycles. The van der Waals surface area contributed by atoms with Crippen molar-refractivity contribution in [1.82, 2.24) is 24.3 Å². The van der Waals surface area contributed by atoms with Gasteiger partial charge in [0.25, 0.3) is 0 Å². The molecule has 0 amide bonds. The van der Waals surface area contributed by atoms with Crippen LogP contribution >= 0.6 is 0 Å². The predicted molar refractivity (Wildman–Crippen MR) is 90.3 cm³/mol. The molecule has 4 rings (SSSR count). The molecule has 1 saturated heterocycles. The summed E-state index contributed by atoms with van der Waals surface area (Å²) in [7, 11) is 2.15. The SMILES string of the molecule is CN1CCN(c2ccc(-c3cnc(N)n4cncc34)cn2)CC1. The van der Waals surface area contributed by atoms with Gasteiger partial charge in [-0.15, -0.1) is 0 Å². The molecule has 1 fully saturated rings. The van der Waals surface area contributed by atoms with Gasteiger partial charge in [0.15, 0.2) is 0 Å². The lowest BCUT2D eigenvalue weighted by atomic mass is 10.1. The Bertz CT molecular complexity index is 816. The summed E-state index contributed by atoms with van der Waals surface area (Å²) in [5.41, 5.74) is 8.80. The molecule has 23 heavy (non-hydrogen) atoms. The van der Waals surface area contributed by atoms with Gasteiger partial charge >= 0.3 is 0 Å². The van der Waals surface area contributed by atoms with E-state index in [1.54, 1.807) is 23.1 Å². The average Bonchev–Trinajstić information content (AvgIpc) is 3.07. The van der Waals surface area contributed by atoms with E-state index >= 15 is 0 Å². The molecule has 3 aromatic rings. The van der Waals surface area contributed by atoms with E-state index in [1.807, 2.05) is 6.20 Å². The predicted octanol–water partition coefficient (Wildman–Crippen LogP) is 1.13. The van der Waals surface area contributed by atoms with Crippen LogP contribution in [0, 0.1) is 0 Å². The first-order valence-electron chi connectivity index (χ1n) is 7.69. The monoisotopic (exact) mass is 309 g/mol. The summed E-state index contributed by atoms with van der Waals surface area (Å²) in [5.74, 6) is 1.46. The molecule has 0 saturated carbocycles. The number of anilines is 2. The maximum Gasteiger partial charge on any atom is 0.206 e. The summed E-state index contributed by atoms with van der Waals surface area (Å²) in [6.45, 7) is 4.17. The second kappa shape index (κ2) is 5.51. The van der Waals surface area contributed by atoms with Gasteiger partial charge < -0.3 is 15.5 Å². The maximum atomic E-state index is 5.87. The van der Waals surface area contributed by atoms with Gasteiger partial charge in [-0.25, -0.2) is 15.0 Å². The highest BCUT2D eigenvalue weighted by Crippen LogP contribution is 2.26. The molecule has 3 aromatic heterocycles. The van der Waals surface area contributed by atoms with Crippen molar-refractivity contribution in [1.29, 1.82) is 0 Å². The number of hydrogen-bond donors (Lipinski definition) is 1. The van der Waals surface area contributed by atoms with Crippen molar-refractivity contribution in [3.05, 3.63) is 37.1 Å². The number of hydrogen-bond acceptors (Lipinski definition) is 6. The van der Waals surface area contributed by atoms with Crippen LogP contribution in [-0.4, -0.2) is 57.5 Å². The van der Waals surface area contributed by atoms with Crippen molar-refractivity contribution in [3.63, 3.8) is 0 Å². The van der Waals surface area contributed by atoms with Crippen LogP contribution in [0.4, 0.5) is 11.8 Å². The van der Waals surface area contributed by atoms with Gasteiger partial charge in [-0.1, -0.05) is 0 Å². The summed E-state index contributed by atoms with van der Waals surface area (Å²) in [4.78, 5) is 17.7. The lowest BCUT2D eigenvalue weighted by molar-refractivity contribution is 0.312. The third kappa shape index (κ3) is 2.49. The molecule has 4 heterocycles. The van der Waals surface area contributed by atoms with Crippen molar-refractivity contribution < 1.29 is 0 Å². The summed E-state index contributed by atoms with van der Waals surface area (Å²) in [6, 6.07) is 4.16. The van der Waals surface area contributed by atoms with Crippen LogP contribution in [0.3, 0.4) is 0 Å². The normalized spacial score (nSPS) is 16.1. The summed E-state index contributed by atoms with van der Waals surface area (Å²) in [6.07, 6.45) is 7.14. The van der Waals surface area contributed by atoms with Crippen LogP contribution in [0.15, 0.2) is 37.1 Å². The number of imidazole rings is 1. The molecule has 0 atom stereocenters. The van der Waals surface area contributed by atoms with Crippen LogP contribution in [0.1, 0.15) is 0 Å². The third-order valence-corrected chi connectivity index (χ3v) is 4.37. The fourth-order valence-corrected chi connectivity index (χ4v) is 2.93. The second-order valence-corrected chi connectivity index (χ2v) is 5.87. The molecule has 7 heteroatoms. The Morgan fingerprint density at radius 3 is 2.57 bits per heavy atom. The second-order valence-electron chi connectivity index (χ2n) is 5.87. The Morgan fingerprint density at radius 1 is 1.00 bits per heavy atom. The highest BCUT2D eigenvalue weighted by Gasteiger charge is 2.15. The van der Waals surface area contributed by atoms with Crippen LogP contribution in [-0.2, 0) is 0 Å². The van der Waals surface area contributed by atoms with Gasteiger partial charge in [0.1, 0.15) is 12.1 Å². The molecule has 118 valence electrons. The topological polar surface area (TPSA) is 75.6 Å². The lowest BCUT2D eigenvalue weighted by Gasteiger charge is -2.33. The summed E-state index contributed by atoms with van der Waals surface area (Å²) >= 11 is 0. The molecule has 0 spiro atoms. The van der Waals surface area contributed by atoms with Crippen molar-refractivity contribution in [2.75, 3.05) is 43.9 Å². The summed E-state index contributed by atoms with van der Waals surface area (Å²) < 4.78 is 1.78. The minimum atomic E-state index is 0.434. The van der Waals surface area contributed by atoms with E-state index in [9.17, 15) is 0 Å². The number of likely N-dealkylation sites (N-methyl/N-ethyl adjacent to an activating group) is 1. The molecule has 0 bridgehead atoms. The molecule has 0 unspecified atom stereocenters. The minimum absolute atomic E-state index is 0.434. The molecule has 0 aliphatic carbocycles. The summed E-state index contributed by atoms with van der Waals surface area (Å²) in [5, 5.41) is 0. The van der Waals surface area contributed by atoms with E-state index < -0.39 is 0 Å². The van der Waals surface area contributed by atoms with Gasteiger partial charge in [0, 0.05) is 49.7 Å². The van der Waals surface area contributed by atoms with Crippen LogP contribution in [0.2, 0.25) is 0 Å². The van der Waals surface area contributed by atoms with Gasteiger partial charge in [0.05, 0.1) is 11.7 Å². The minimum Gasteiger partial charge on any atom is -0.369 e. The lowest BCUT2D eigenvalue weighted by Crippen LogP contribution is -2.44. The highest BCUT2D eigenvalue weighted by atomic mass is 15.3. The van der Waals surface area contributed by atoms with Gasteiger partial charge in [-0.2, -0.15) is 0 Å². The Morgan fingerprint density at radius 2 is 1.83 bits per heavy atom. The number of aromatic nitrogens is 4. The van der Waals surface area contributed by atoms with Crippen molar-refractivity contribution in [2.45, 2.75) is 0 Å². The first-order valence-corrected chi connectivity index (χ1v) is 7.69. The maximum absolute atomic E-state index is 5.87. The molecule has 7 nitrogen and oxygen atoms in total. The Balaban J connectivity index is 1.65. The number of nitrogen functional groups attached to an aromatic ring is 1. The van der Waals surface area contributed by atoms with E-state index in [-0.39, 0.29) is 0 Å². The fraction of sp³-hybridized carbons (Fsp3) is 0.312. The quantitative estimate of drug-likeness (QED) is 0.765. The number of fused-ring (bicyclic) bond motifs is 1. The van der Waals surface area contributed by atoms with E-state index in [0.29, 0.717) is 5.95 Å². The number of pyridine rings is 1. The zero-order chi connectivity index (χ0) is 15.8. The zero-order valence-corrected chi connectivity index (χ0v) is 13.1. The van der Waals surface area contributed by atoms with Gasteiger partial charge in [-0.05, 0) is 19.2 Å². The number of nitrogens with zero attached hydrogens (tertiary/aromatic N) is 6.